The van der Waals surface area contributed by atoms with Crippen molar-refractivity contribution < 1.29 is 9.90 Å². The van der Waals surface area contributed by atoms with Crippen LogP contribution in [0.15, 0.2) is 0 Å². The summed E-state index contributed by atoms with van der Waals surface area (Å²) >= 11 is 0. The number of carbonyl (C=O) groups is 1. The van der Waals surface area contributed by atoms with E-state index < -0.39 is 5.97 Å². The standard InChI is InChI=1S/C14H18N4O2/c1-8-9(2)17-18-13(12(8)7-15)16-11-5-3-10(4-6-11)14(19)20/h10-11H,3-6H2,1-2H3,(H,16,18)(H,19,20). The second-order valence-corrected chi connectivity index (χ2v) is 5.28. The molecular formula is C14H18N4O2. The molecule has 2 N–H and O–H groups in total. The predicted molar refractivity (Wildman–Crippen MR) is 73.2 cm³/mol. The van der Waals surface area contributed by atoms with Crippen LogP contribution < -0.4 is 5.32 Å². The molecule has 1 saturated carbocycles. The van der Waals surface area contributed by atoms with Crippen LogP contribution >= 0.6 is 0 Å². The van der Waals surface area contributed by atoms with E-state index in [0.717, 1.165) is 24.1 Å². The maximum absolute atomic E-state index is 10.9. The molecule has 0 aromatic carbocycles. The first-order valence-electron chi connectivity index (χ1n) is 6.76. The van der Waals surface area contributed by atoms with Gasteiger partial charge in [-0.1, -0.05) is 0 Å². The second-order valence-electron chi connectivity index (χ2n) is 5.28. The van der Waals surface area contributed by atoms with Crippen LogP contribution in [0.5, 0.6) is 0 Å². The fourth-order valence-electron chi connectivity index (χ4n) is 2.52. The zero-order valence-corrected chi connectivity index (χ0v) is 11.7. The van der Waals surface area contributed by atoms with Crippen LogP contribution in [0.25, 0.3) is 0 Å². The lowest BCUT2D eigenvalue weighted by Crippen LogP contribution is -2.30. The van der Waals surface area contributed by atoms with Gasteiger partial charge in [0.15, 0.2) is 5.82 Å². The van der Waals surface area contributed by atoms with E-state index in [1.165, 1.54) is 0 Å². The normalized spacial score (nSPS) is 22.1. The van der Waals surface area contributed by atoms with Gasteiger partial charge < -0.3 is 10.4 Å². The highest BCUT2D eigenvalue weighted by Crippen LogP contribution is 2.27. The summed E-state index contributed by atoms with van der Waals surface area (Å²) in [5.74, 6) is -0.448. The van der Waals surface area contributed by atoms with Crippen molar-refractivity contribution in [2.45, 2.75) is 45.6 Å². The number of aromatic nitrogens is 2. The summed E-state index contributed by atoms with van der Waals surface area (Å²) in [6, 6.07) is 2.32. The molecule has 1 fully saturated rings. The lowest BCUT2D eigenvalue weighted by molar-refractivity contribution is -0.142. The second kappa shape index (κ2) is 5.87. The van der Waals surface area contributed by atoms with E-state index in [-0.39, 0.29) is 12.0 Å². The van der Waals surface area contributed by atoms with E-state index in [4.69, 9.17) is 5.11 Å². The van der Waals surface area contributed by atoms with Crippen molar-refractivity contribution in [1.29, 1.82) is 5.26 Å². The van der Waals surface area contributed by atoms with Gasteiger partial charge >= 0.3 is 5.97 Å². The summed E-state index contributed by atoms with van der Waals surface area (Å²) in [6.07, 6.45) is 2.87. The van der Waals surface area contributed by atoms with Gasteiger partial charge in [0.1, 0.15) is 11.6 Å². The Morgan fingerprint density at radius 2 is 1.95 bits per heavy atom. The summed E-state index contributed by atoms with van der Waals surface area (Å²) in [4.78, 5) is 10.9. The molecule has 6 heteroatoms. The number of nitriles is 1. The highest BCUT2D eigenvalue weighted by atomic mass is 16.4. The van der Waals surface area contributed by atoms with Gasteiger partial charge in [-0.15, -0.1) is 5.10 Å². The minimum absolute atomic E-state index is 0.161. The number of carboxylic acids is 1. The van der Waals surface area contributed by atoms with Crippen LogP contribution in [-0.2, 0) is 4.79 Å². The molecule has 6 nitrogen and oxygen atoms in total. The Bertz CT molecular complexity index is 557. The van der Waals surface area contributed by atoms with Crippen molar-refractivity contribution in [3.63, 3.8) is 0 Å². The van der Waals surface area contributed by atoms with Gasteiger partial charge in [0.25, 0.3) is 0 Å². The maximum atomic E-state index is 10.9. The maximum Gasteiger partial charge on any atom is 0.306 e. The van der Waals surface area contributed by atoms with E-state index in [1.54, 1.807) is 0 Å². The Morgan fingerprint density at radius 1 is 1.30 bits per heavy atom. The van der Waals surface area contributed by atoms with Crippen molar-refractivity contribution in [3.05, 3.63) is 16.8 Å². The highest BCUT2D eigenvalue weighted by molar-refractivity contribution is 5.70. The number of nitrogens with one attached hydrogen (secondary N) is 1. The Balaban J connectivity index is 2.07. The zero-order valence-electron chi connectivity index (χ0n) is 11.7. The minimum Gasteiger partial charge on any atom is -0.481 e. The molecule has 0 amide bonds. The zero-order chi connectivity index (χ0) is 14.7. The number of carboxylic acid groups (broad SMARTS) is 1. The molecule has 0 atom stereocenters. The average molecular weight is 274 g/mol. The van der Waals surface area contributed by atoms with Gasteiger partial charge in [0.2, 0.25) is 0 Å². The first-order chi connectivity index (χ1) is 9.52. The van der Waals surface area contributed by atoms with Crippen LogP contribution in [-0.4, -0.2) is 27.3 Å². The van der Waals surface area contributed by atoms with Gasteiger partial charge in [0, 0.05) is 6.04 Å². The molecule has 1 aromatic heterocycles. The molecular weight excluding hydrogens is 256 g/mol. The molecule has 0 radical (unpaired) electrons. The number of anilines is 1. The summed E-state index contributed by atoms with van der Waals surface area (Å²) in [5.41, 5.74) is 2.11. The molecule has 0 unspecified atom stereocenters. The fraction of sp³-hybridized carbons (Fsp3) is 0.571. The molecule has 0 aliphatic heterocycles. The lowest BCUT2D eigenvalue weighted by Gasteiger charge is -2.27. The highest BCUT2D eigenvalue weighted by Gasteiger charge is 2.26. The first-order valence-corrected chi connectivity index (χ1v) is 6.76. The van der Waals surface area contributed by atoms with Gasteiger partial charge in [0.05, 0.1) is 11.6 Å². The molecule has 20 heavy (non-hydrogen) atoms. The molecule has 0 spiro atoms. The third-order valence-electron chi connectivity index (χ3n) is 3.98. The molecule has 2 rings (SSSR count). The first kappa shape index (κ1) is 14.3. The van der Waals surface area contributed by atoms with Gasteiger partial charge in [-0.05, 0) is 45.1 Å². The smallest absolute Gasteiger partial charge is 0.306 e. The molecule has 1 heterocycles. The quantitative estimate of drug-likeness (QED) is 0.874. The Morgan fingerprint density at radius 3 is 2.50 bits per heavy atom. The summed E-state index contributed by atoms with van der Waals surface area (Å²) < 4.78 is 0. The van der Waals surface area contributed by atoms with Crippen LogP contribution in [0.1, 0.15) is 42.5 Å². The molecule has 1 aliphatic carbocycles. The predicted octanol–water partition coefficient (Wildman–Crippen LogP) is 2.02. The third-order valence-corrected chi connectivity index (χ3v) is 3.98. The van der Waals surface area contributed by atoms with Crippen molar-refractivity contribution >= 4 is 11.8 Å². The number of hydrogen-bond donors (Lipinski definition) is 2. The van der Waals surface area contributed by atoms with E-state index in [9.17, 15) is 10.1 Å². The van der Waals surface area contributed by atoms with E-state index in [0.29, 0.717) is 24.2 Å². The molecule has 0 saturated heterocycles. The summed E-state index contributed by atoms with van der Waals surface area (Å²) in [5, 5.41) is 29.5. The van der Waals surface area contributed by atoms with E-state index in [1.807, 2.05) is 13.8 Å². The van der Waals surface area contributed by atoms with Gasteiger partial charge in [-0.25, -0.2) is 0 Å². The lowest BCUT2D eigenvalue weighted by atomic mass is 9.86. The minimum atomic E-state index is -0.716. The number of aryl methyl sites for hydroxylation is 1. The number of hydrogen-bond acceptors (Lipinski definition) is 5. The summed E-state index contributed by atoms with van der Waals surface area (Å²) in [6.45, 7) is 3.68. The third kappa shape index (κ3) is 2.87. The van der Waals surface area contributed by atoms with Crippen LogP contribution in [0.4, 0.5) is 5.82 Å². The van der Waals surface area contributed by atoms with Crippen molar-refractivity contribution in [2.24, 2.45) is 5.92 Å². The van der Waals surface area contributed by atoms with Crippen molar-refractivity contribution in [1.82, 2.24) is 10.2 Å². The fourth-order valence-corrected chi connectivity index (χ4v) is 2.52. The Kier molecular flexibility index (Phi) is 4.18. The SMILES string of the molecule is Cc1nnc(NC2CCC(C(=O)O)CC2)c(C#N)c1C. The van der Waals surface area contributed by atoms with E-state index in [2.05, 4.69) is 21.6 Å². The number of rotatable bonds is 3. The monoisotopic (exact) mass is 274 g/mol. The number of aliphatic carboxylic acids is 1. The van der Waals surface area contributed by atoms with Crippen LogP contribution in [0.3, 0.4) is 0 Å². The Labute approximate surface area is 117 Å². The summed E-state index contributed by atoms with van der Waals surface area (Å²) in [7, 11) is 0. The van der Waals surface area contributed by atoms with Crippen LogP contribution in [0, 0.1) is 31.1 Å². The van der Waals surface area contributed by atoms with Crippen molar-refractivity contribution in [3.8, 4) is 6.07 Å². The molecule has 0 bridgehead atoms. The Hall–Kier alpha value is -2.16. The van der Waals surface area contributed by atoms with Gasteiger partial charge in [-0.3, -0.25) is 4.79 Å². The number of nitrogens with zero attached hydrogens (tertiary/aromatic N) is 3. The molecule has 1 aliphatic rings. The van der Waals surface area contributed by atoms with E-state index >= 15 is 0 Å². The largest absolute Gasteiger partial charge is 0.481 e. The molecule has 1 aromatic rings. The van der Waals surface area contributed by atoms with Crippen molar-refractivity contribution in [2.75, 3.05) is 5.32 Å². The topological polar surface area (TPSA) is 98.9 Å². The van der Waals surface area contributed by atoms with Crippen LogP contribution in [0.2, 0.25) is 0 Å². The average Bonchev–Trinajstić information content (AvgIpc) is 2.44. The van der Waals surface area contributed by atoms with Gasteiger partial charge in [-0.2, -0.15) is 10.4 Å². The molecule has 106 valence electrons.